The quantitative estimate of drug-likeness (QED) is 0.425. The van der Waals surface area contributed by atoms with Crippen molar-refractivity contribution in [1.82, 2.24) is 0 Å². The van der Waals surface area contributed by atoms with Crippen LogP contribution < -0.4 is 10.4 Å². The number of hydrogen-bond donors (Lipinski definition) is 1. The topological polar surface area (TPSA) is 59.7 Å². The molecule has 4 nitrogen and oxygen atoms in total. The van der Waals surface area contributed by atoms with Crippen LogP contribution in [0.25, 0.3) is 22.1 Å². The van der Waals surface area contributed by atoms with Crippen molar-refractivity contribution >= 4 is 11.0 Å². The molecule has 0 aliphatic carbocycles. The maximum absolute atomic E-state index is 13.0. The molecular formula is C26H24O4. The lowest BCUT2D eigenvalue weighted by molar-refractivity contribution is 0.415. The molecule has 4 aromatic rings. The number of phenolic OH excluding ortho intramolecular Hbond substituents is 1. The third-order valence-electron chi connectivity index (χ3n) is 5.40. The van der Waals surface area contributed by atoms with Gasteiger partial charge in [-0.05, 0) is 58.9 Å². The number of ether oxygens (including phenoxy) is 1. The molecule has 152 valence electrons. The SMILES string of the molecule is COc1ccc(-c2c(Cc3ccc(C(C)C)cc3)c3ccc(O)cc3oc2=O)cc1. The smallest absolute Gasteiger partial charge is 0.344 e. The predicted octanol–water partition coefficient (Wildman–Crippen LogP) is 5.89. The first-order valence-electron chi connectivity index (χ1n) is 9.98. The highest BCUT2D eigenvalue weighted by molar-refractivity contribution is 5.88. The molecule has 1 N–H and O–H groups in total. The summed E-state index contributed by atoms with van der Waals surface area (Å²) in [4.78, 5) is 13.0. The molecule has 0 atom stereocenters. The van der Waals surface area contributed by atoms with Gasteiger partial charge in [-0.25, -0.2) is 4.79 Å². The van der Waals surface area contributed by atoms with E-state index < -0.39 is 5.63 Å². The minimum atomic E-state index is -0.424. The highest BCUT2D eigenvalue weighted by Gasteiger charge is 2.17. The summed E-state index contributed by atoms with van der Waals surface area (Å²) in [5.41, 5.74) is 4.52. The summed E-state index contributed by atoms with van der Waals surface area (Å²) in [6, 6.07) is 20.8. The maximum Gasteiger partial charge on any atom is 0.344 e. The molecule has 0 spiro atoms. The zero-order chi connectivity index (χ0) is 21.3. The summed E-state index contributed by atoms with van der Waals surface area (Å²) in [6.45, 7) is 4.33. The predicted molar refractivity (Wildman–Crippen MR) is 119 cm³/mol. The molecule has 0 fully saturated rings. The lowest BCUT2D eigenvalue weighted by Crippen LogP contribution is -2.09. The maximum atomic E-state index is 13.0. The number of hydrogen-bond acceptors (Lipinski definition) is 4. The molecule has 0 unspecified atom stereocenters. The average Bonchev–Trinajstić information content (AvgIpc) is 2.74. The number of benzene rings is 3. The van der Waals surface area contributed by atoms with E-state index in [0.29, 0.717) is 23.5 Å². The number of fused-ring (bicyclic) bond motifs is 1. The molecule has 0 saturated carbocycles. The van der Waals surface area contributed by atoms with Crippen molar-refractivity contribution in [2.75, 3.05) is 7.11 Å². The summed E-state index contributed by atoms with van der Waals surface area (Å²) in [7, 11) is 1.61. The van der Waals surface area contributed by atoms with Gasteiger partial charge in [-0.2, -0.15) is 0 Å². The average molecular weight is 400 g/mol. The molecular weight excluding hydrogens is 376 g/mol. The summed E-state index contributed by atoms with van der Waals surface area (Å²) >= 11 is 0. The van der Waals surface area contributed by atoms with Gasteiger partial charge in [-0.3, -0.25) is 0 Å². The van der Waals surface area contributed by atoms with Crippen LogP contribution in [0.5, 0.6) is 11.5 Å². The first-order valence-corrected chi connectivity index (χ1v) is 9.98. The van der Waals surface area contributed by atoms with E-state index in [2.05, 4.69) is 38.1 Å². The molecule has 4 rings (SSSR count). The van der Waals surface area contributed by atoms with E-state index >= 15 is 0 Å². The monoisotopic (exact) mass is 400 g/mol. The Morgan fingerprint density at radius 2 is 1.67 bits per heavy atom. The minimum absolute atomic E-state index is 0.0649. The lowest BCUT2D eigenvalue weighted by atomic mass is 9.92. The van der Waals surface area contributed by atoms with Crippen LogP contribution in [-0.4, -0.2) is 12.2 Å². The van der Waals surface area contributed by atoms with Gasteiger partial charge in [0.05, 0.1) is 12.7 Å². The molecule has 0 aliphatic heterocycles. The summed E-state index contributed by atoms with van der Waals surface area (Å²) in [5.74, 6) is 1.25. The van der Waals surface area contributed by atoms with Crippen LogP contribution in [0.3, 0.4) is 0 Å². The van der Waals surface area contributed by atoms with Gasteiger partial charge in [0.2, 0.25) is 0 Å². The second-order valence-corrected chi connectivity index (χ2v) is 7.73. The summed E-state index contributed by atoms with van der Waals surface area (Å²) in [5, 5.41) is 10.7. The van der Waals surface area contributed by atoms with E-state index in [9.17, 15) is 9.90 Å². The standard InChI is InChI=1S/C26H24O4/c1-16(2)18-6-4-17(5-7-18)14-23-22-13-10-20(27)15-24(22)30-26(28)25(23)19-8-11-21(29-3)12-9-19/h4-13,15-16,27H,14H2,1-3H3. The molecule has 3 aromatic carbocycles. The van der Waals surface area contributed by atoms with Crippen LogP contribution in [0.4, 0.5) is 0 Å². The van der Waals surface area contributed by atoms with Gasteiger partial charge in [0, 0.05) is 11.5 Å². The van der Waals surface area contributed by atoms with Gasteiger partial charge in [0.1, 0.15) is 17.1 Å². The second-order valence-electron chi connectivity index (χ2n) is 7.73. The van der Waals surface area contributed by atoms with Crippen molar-refractivity contribution in [3.63, 3.8) is 0 Å². The lowest BCUT2D eigenvalue weighted by Gasteiger charge is -2.13. The minimum Gasteiger partial charge on any atom is -0.508 e. The summed E-state index contributed by atoms with van der Waals surface area (Å²) in [6.07, 6.45) is 0.576. The highest BCUT2D eigenvalue weighted by atomic mass is 16.5. The van der Waals surface area contributed by atoms with E-state index in [1.54, 1.807) is 19.2 Å². The number of methoxy groups -OCH3 is 1. The number of aromatic hydroxyl groups is 1. The Hall–Kier alpha value is -3.53. The number of phenols is 1. The van der Waals surface area contributed by atoms with E-state index in [-0.39, 0.29) is 5.75 Å². The van der Waals surface area contributed by atoms with Crippen molar-refractivity contribution in [3.8, 4) is 22.6 Å². The Labute approximate surface area is 175 Å². The first kappa shape index (κ1) is 19.8. The molecule has 4 heteroatoms. The van der Waals surface area contributed by atoms with Gasteiger partial charge >= 0.3 is 5.63 Å². The van der Waals surface area contributed by atoms with Gasteiger partial charge in [0.25, 0.3) is 0 Å². The van der Waals surface area contributed by atoms with Crippen LogP contribution in [0.1, 0.15) is 36.5 Å². The molecule has 0 saturated heterocycles. The fraction of sp³-hybridized carbons (Fsp3) is 0.192. The van der Waals surface area contributed by atoms with E-state index in [0.717, 1.165) is 27.8 Å². The zero-order valence-electron chi connectivity index (χ0n) is 17.3. The summed E-state index contributed by atoms with van der Waals surface area (Å²) < 4.78 is 10.8. The van der Waals surface area contributed by atoms with E-state index in [1.165, 1.54) is 11.6 Å². The second kappa shape index (κ2) is 8.07. The van der Waals surface area contributed by atoms with Crippen LogP contribution in [0.2, 0.25) is 0 Å². The van der Waals surface area contributed by atoms with Gasteiger partial charge in [-0.1, -0.05) is 50.2 Å². The third-order valence-corrected chi connectivity index (χ3v) is 5.40. The molecule has 0 amide bonds. The molecule has 0 aliphatic rings. The fourth-order valence-electron chi connectivity index (χ4n) is 3.71. The van der Waals surface area contributed by atoms with Crippen LogP contribution >= 0.6 is 0 Å². The van der Waals surface area contributed by atoms with Crippen molar-refractivity contribution in [2.45, 2.75) is 26.2 Å². The van der Waals surface area contributed by atoms with Crippen LogP contribution in [0.15, 0.2) is 75.9 Å². The largest absolute Gasteiger partial charge is 0.508 e. The van der Waals surface area contributed by atoms with Gasteiger partial charge in [-0.15, -0.1) is 0 Å². The Morgan fingerprint density at radius 1 is 0.967 bits per heavy atom. The van der Waals surface area contributed by atoms with Gasteiger partial charge in [0.15, 0.2) is 0 Å². The Bertz CT molecular complexity index is 1230. The Morgan fingerprint density at radius 3 is 2.30 bits per heavy atom. The molecule has 30 heavy (non-hydrogen) atoms. The van der Waals surface area contributed by atoms with Crippen molar-refractivity contribution < 1.29 is 14.3 Å². The van der Waals surface area contributed by atoms with Crippen molar-refractivity contribution in [1.29, 1.82) is 0 Å². The van der Waals surface area contributed by atoms with Crippen molar-refractivity contribution in [2.24, 2.45) is 0 Å². The third kappa shape index (κ3) is 3.81. The number of rotatable bonds is 5. The van der Waals surface area contributed by atoms with Crippen molar-refractivity contribution in [3.05, 3.63) is 93.8 Å². The first-order chi connectivity index (χ1) is 14.5. The molecule has 0 radical (unpaired) electrons. The zero-order valence-corrected chi connectivity index (χ0v) is 17.3. The van der Waals surface area contributed by atoms with Crippen LogP contribution in [0, 0.1) is 0 Å². The Kier molecular flexibility index (Phi) is 5.32. The normalized spacial score (nSPS) is 11.2. The van der Waals surface area contributed by atoms with Crippen LogP contribution in [-0.2, 0) is 6.42 Å². The van der Waals surface area contributed by atoms with Gasteiger partial charge < -0.3 is 14.3 Å². The Balaban J connectivity index is 1.90. The molecule has 0 bridgehead atoms. The fourth-order valence-corrected chi connectivity index (χ4v) is 3.71. The molecule has 1 aromatic heterocycles. The van der Waals surface area contributed by atoms with E-state index in [1.807, 2.05) is 24.3 Å². The van der Waals surface area contributed by atoms with E-state index in [4.69, 9.17) is 9.15 Å². The highest BCUT2D eigenvalue weighted by Crippen LogP contribution is 2.32. The molecule has 1 heterocycles.